The van der Waals surface area contributed by atoms with Gasteiger partial charge in [0.25, 0.3) is 0 Å². The van der Waals surface area contributed by atoms with E-state index in [4.69, 9.17) is 37.0 Å². The van der Waals surface area contributed by atoms with E-state index in [1.165, 1.54) is 218 Å². The molecule has 0 fully saturated rings. The van der Waals surface area contributed by atoms with E-state index in [0.29, 0.717) is 25.7 Å². The van der Waals surface area contributed by atoms with Gasteiger partial charge in [-0.15, -0.1) is 0 Å². The van der Waals surface area contributed by atoms with Crippen LogP contribution in [0.3, 0.4) is 0 Å². The summed E-state index contributed by atoms with van der Waals surface area (Å²) in [5, 5.41) is 10.7. The Kier molecular flexibility index (Phi) is 72.9. The van der Waals surface area contributed by atoms with Crippen LogP contribution in [0.2, 0.25) is 0 Å². The summed E-state index contributed by atoms with van der Waals surface area (Å²) in [5.74, 6) is 0.247. The summed E-state index contributed by atoms with van der Waals surface area (Å²) < 4.78 is 68.8. The number of aliphatic hydroxyl groups is 1. The summed E-state index contributed by atoms with van der Waals surface area (Å²) in [5.41, 5.74) is 0. The summed E-state index contributed by atoms with van der Waals surface area (Å²) in [6, 6.07) is 0. The molecule has 0 heterocycles. The number of unbranched alkanes of at least 4 members (excludes halogenated alkanes) is 45. The highest BCUT2D eigenvalue weighted by Gasteiger charge is 2.30. The Labute approximate surface area is 637 Å². The molecule has 6 atom stereocenters. The second kappa shape index (κ2) is 74.6. The molecule has 19 heteroatoms. The van der Waals surface area contributed by atoms with Gasteiger partial charge in [-0.25, -0.2) is 9.13 Å². The normalized spacial score (nSPS) is 14.3. The van der Waals surface area contributed by atoms with Gasteiger partial charge in [-0.05, 0) is 69.1 Å². The molecule has 614 valence electrons. The minimum atomic E-state index is -4.97. The number of hydrogen-bond acceptors (Lipinski definition) is 15. The van der Waals surface area contributed by atoms with Crippen molar-refractivity contribution in [2.45, 2.75) is 439 Å². The quantitative estimate of drug-likeness (QED) is 0.0169. The Bertz CT molecular complexity index is 2110. The SMILES string of the molecule is CCCCCC/C=C\C=C/CCCCCCCC(=O)O[C@H](COC(=O)CCCCCCCCCCC(C)CC)COP(=O)(O)OC[C@H](O)COP(=O)(O)OC[C@@H](COC(=O)CCCCCCCCCCCCCCCC(C)C)OC(=O)CCCCCCCCCCCCCCCCCCCCC(C)C. The van der Waals surface area contributed by atoms with E-state index in [9.17, 15) is 43.2 Å². The number of aliphatic hydroxyl groups excluding tert-OH is 1. The van der Waals surface area contributed by atoms with E-state index in [1.54, 1.807) is 0 Å². The number of phosphoric ester groups is 2. The van der Waals surface area contributed by atoms with Crippen LogP contribution >= 0.6 is 15.6 Å². The molecule has 0 amide bonds. The van der Waals surface area contributed by atoms with E-state index in [2.05, 4.69) is 72.8 Å². The third-order valence-corrected chi connectivity index (χ3v) is 21.5. The van der Waals surface area contributed by atoms with Gasteiger partial charge >= 0.3 is 39.5 Å². The summed E-state index contributed by atoms with van der Waals surface area (Å²) in [6.07, 6.45) is 67.4. The van der Waals surface area contributed by atoms with Crippen LogP contribution in [0.4, 0.5) is 0 Å². The first kappa shape index (κ1) is 102. The molecule has 0 bridgehead atoms. The van der Waals surface area contributed by atoms with E-state index in [1.807, 2.05) is 0 Å². The van der Waals surface area contributed by atoms with Crippen molar-refractivity contribution < 1.29 is 80.2 Å². The molecule has 17 nitrogen and oxygen atoms in total. The molecule has 3 N–H and O–H groups in total. The topological polar surface area (TPSA) is 237 Å². The van der Waals surface area contributed by atoms with Crippen LogP contribution < -0.4 is 0 Å². The fourth-order valence-corrected chi connectivity index (χ4v) is 14.2. The standard InChI is InChI=1S/C85H162O17P2/c1-8-10-11-12-13-14-15-16-21-27-33-38-47-54-61-68-85(90)102-81(73-96-83(88)67-60-53-46-41-40-44-51-58-65-78(7)9-2)75-100-104(93,94)98-71-79(86)70-97-103(91,92)99-74-80(72-95-82(87)66-59-52-45-37-32-29-24-26-31-36-43-50-57-64-77(5)6)101-84(89)69-62-55-48-39-34-28-23-20-18-17-19-22-25-30-35-42-49-56-63-76(3)4/h14-16,21,76-81,86H,8-13,17-20,22-75H2,1-7H3,(H,91,92)(H,93,94)/b15-14-,21-16-/t78?,79-,80-,81-/m1/s1. The largest absolute Gasteiger partial charge is 0.472 e. The number of carbonyl (C=O) groups excluding carboxylic acids is 4. The Morgan fingerprint density at radius 1 is 0.317 bits per heavy atom. The van der Waals surface area contributed by atoms with Gasteiger partial charge in [-0.1, -0.05) is 368 Å². The van der Waals surface area contributed by atoms with Crippen molar-refractivity contribution in [1.29, 1.82) is 0 Å². The Morgan fingerprint density at radius 2 is 0.567 bits per heavy atom. The smallest absolute Gasteiger partial charge is 0.462 e. The molecule has 0 aliphatic carbocycles. The zero-order valence-electron chi connectivity index (χ0n) is 68.0. The lowest BCUT2D eigenvalue weighted by Gasteiger charge is -2.21. The summed E-state index contributed by atoms with van der Waals surface area (Å²) in [4.78, 5) is 73.2. The fraction of sp³-hybridized carbons (Fsp3) is 0.906. The van der Waals surface area contributed by atoms with Gasteiger partial charge in [0.15, 0.2) is 12.2 Å². The van der Waals surface area contributed by atoms with Crippen molar-refractivity contribution in [3.8, 4) is 0 Å². The van der Waals surface area contributed by atoms with E-state index in [-0.39, 0.29) is 25.7 Å². The molecule has 0 aromatic heterocycles. The van der Waals surface area contributed by atoms with E-state index in [0.717, 1.165) is 120 Å². The molecule has 0 rings (SSSR count). The highest BCUT2D eigenvalue weighted by Crippen LogP contribution is 2.45. The third-order valence-electron chi connectivity index (χ3n) is 19.6. The zero-order chi connectivity index (χ0) is 76.5. The molecular formula is C85H162O17P2. The van der Waals surface area contributed by atoms with Crippen molar-refractivity contribution in [2.24, 2.45) is 17.8 Å². The summed E-state index contributed by atoms with van der Waals surface area (Å²) >= 11 is 0. The number of hydrogen-bond donors (Lipinski definition) is 3. The molecule has 0 aliphatic heterocycles. The monoisotopic (exact) mass is 1520 g/mol. The van der Waals surface area contributed by atoms with Gasteiger partial charge in [-0.3, -0.25) is 37.3 Å². The minimum Gasteiger partial charge on any atom is -0.462 e. The molecule has 3 unspecified atom stereocenters. The second-order valence-electron chi connectivity index (χ2n) is 31.1. The molecule has 0 spiro atoms. The van der Waals surface area contributed by atoms with Gasteiger partial charge < -0.3 is 33.8 Å². The molecule has 0 aromatic rings. The molecule has 0 saturated heterocycles. The number of ether oxygens (including phenoxy) is 4. The van der Waals surface area contributed by atoms with Gasteiger partial charge in [0.1, 0.15) is 19.3 Å². The maximum absolute atomic E-state index is 13.1. The van der Waals surface area contributed by atoms with Gasteiger partial charge in [0.2, 0.25) is 0 Å². The number of allylic oxidation sites excluding steroid dienone is 4. The Balaban J connectivity index is 5.28. The molecule has 104 heavy (non-hydrogen) atoms. The van der Waals surface area contributed by atoms with Crippen LogP contribution in [0, 0.1) is 17.8 Å². The lowest BCUT2D eigenvalue weighted by Crippen LogP contribution is -2.30. The predicted octanol–water partition coefficient (Wildman–Crippen LogP) is 25.3. The number of rotatable bonds is 81. The second-order valence-corrected chi connectivity index (χ2v) is 34.0. The number of carbonyl (C=O) groups is 4. The lowest BCUT2D eigenvalue weighted by molar-refractivity contribution is -0.161. The van der Waals surface area contributed by atoms with Crippen molar-refractivity contribution >= 4 is 39.5 Å². The predicted molar refractivity (Wildman–Crippen MR) is 427 cm³/mol. The Morgan fingerprint density at radius 3 is 0.856 bits per heavy atom. The molecule has 0 aromatic carbocycles. The van der Waals surface area contributed by atoms with Crippen LogP contribution in [-0.4, -0.2) is 96.7 Å². The van der Waals surface area contributed by atoms with Crippen molar-refractivity contribution in [3.63, 3.8) is 0 Å². The van der Waals surface area contributed by atoms with Crippen molar-refractivity contribution in [3.05, 3.63) is 24.3 Å². The van der Waals surface area contributed by atoms with Crippen LogP contribution in [0.25, 0.3) is 0 Å². The first-order valence-corrected chi connectivity index (χ1v) is 46.2. The van der Waals surface area contributed by atoms with Crippen LogP contribution in [0.1, 0.15) is 421 Å². The van der Waals surface area contributed by atoms with Gasteiger partial charge in [-0.2, -0.15) is 0 Å². The van der Waals surface area contributed by atoms with E-state index >= 15 is 0 Å². The number of phosphoric acid groups is 2. The third kappa shape index (κ3) is 76.3. The first-order chi connectivity index (χ1) is 50.3. The van der Waals surface area contributed by atoms with Crippen LogP contribution in [0.5, 0.6) is 0 Å². The molecule has 0 saturated carbocycles. The van der Waals surface area contributed by atoms with Crippen LogP contribution in [-0.2, 0) is 65.4 Å². The minimum absolute atomic E-state index is 0.0846. The van der Waals surface area contributed by atoms with Crippen molar-refractivity contribution in [1.82, 2.24) is 0 Å². The highest BCUT2D eigenvalue weighted by atomic mass is 31.2. The lowest BCUT2D eigenvalue weighted by atomic mass is 9.99. The van der Waals surface area contributed by atoms with Crippen LogP contribution in [0.15, 0.2) is 24.3 Å². The molecule has 0 radical (unpaired) electrons. The summed E-state index contributed by atoms with van der Waals surface area (Å²) in [6.45, 7) is 12.0. The fourth-order valence-electron chi connectivity index (χ4n) is 12.6. The van der Waals surface area contributed by atoms with E-state index < -0.39 is 97.5 Å². The maximum atomic E-state index is 13.1. The van der Waals surface area contributed by atoms with Gasteiger partial charge in [0.05, 0.1) is 26.4 Å². The van der Waals surface area contributed by atoms with Crippen molar-refractivity contribution in [2.75, 3.05) is 39.6 Å². The molecule has 0 aliphatic rings. The average molecular weight is 1520 g/mol. The highest BCUT2D eigenvalue weighted by molar-refractivity contribution is 7.47. The maximum Gasteiger partial charge on any atom is 0.472 e. The molecular weight excluding hydrogens is 1350 g/mol. The number of esters is 4. The Hall–Kier alpha value is -2.46. The zero-order valence-corrected chi connectivity index (χ0v) is 69.8. The summed E-state index contributed by atoms with van der Waals surface area (Å²) in [7, 11) is -9.94. The average Bonchev–Trinajstić information content (AvgIpc) is 0.908. The first-order valence-electron chi connectivity index (χ1n) is 43.2. The van der Waals surface area contributed by atoms with Gasteiger partial charge in [0, 0.05) is 25.7 Å².